The molecule has 4 rings (SSSR count). The number of aliphatic imine (C=N–C) groups is 1. The molecule has 0 atom stereocenters. The lowest BCUT2D eigenvalue weighted by Crippen LogP contribution is -2.02. The van der Waals surface area contributed by atoms with E-state index in [0.717, 1.165) is 45.2 Å². The largest absolute Gasteiger partial charge is 0.489 e. The number of hydrogen-bond acceptors (Lipinski definition) is 2. The van der Waals surface area contributed by atoms with Gasteiger partial charge in [-0.1, -0.05) is 17.7 Å². The highest BCUT2D eigenvalue weighted by Gasteiger charge is 2.20. The minimum atomic E-state index is 0.0715. The third kappa shape index (κ3) is 3.58. The Labute approximate surface area is 163 Å². The summed E-state index contributed by atoms with van der Waals surface area (Å²) < 4.78 is 6.02. The van der Waals surface area contributed by atoms with Crippen molar-refractivity contribution >= 4 is 34.3 Å². The van der Waals surface area contributed by atoms with Crippen molar-refractivity contribution in [2.45, 2.75) is 33.8 Å². The van der Waals surface area contributed by atoms with Crippen LogP contribution in [0.15, 0.2) is 52.9 Å². The Morgan fingerprint density at radius 1 is 1.11 bits per heavy atom. The summed E-state index contributed by atoms with van der Waals surface area (Å²) in [6, 6.07) is 10.0. The summed E-state index contributed by atoms with van der Waals surface area (Å²) in [6.07, 6.45) is 4.11. The number of hydrogen-bond donors (Lipinski definition) is 2. The van der Waals surface area contributed by atoms with Gasteiger partial charge in [-0.3, -0.25) is 0 Å². The fourth-order valence-electron chi connectivity index (χ4n) is 3.28. The first-order valence-electron chi connectivity index (χ1n) is 9.03. The molecule has 1 aliphatic heterocycles. The van der Waals surface area contributed by atoms with Gasteiger partial charge >= 0.3 is 0 Å². The number of allylic oxidation sites excluding steroid dienone is 1. The summed E-state index contributed by atoms with van der Waals surface area (Å²) in [5.74, 6) is 0.781. The lowest BCUT2D eigenvalue weighted by Gasteiger charge is -2.11. The molecule has 0 unspecified atom stereocenters. The quantitative estimate of drug-likeness (QED) is 0.580. The number of halogens is 1. The summed E-state index contributed by atoms with van der Waals surface area (Å²) in [5.41, 5.74) is 6.98. The van der Waals surface area contributed by atoms with E-state index < -0.39 is 0 Å². The normalized spacial score (nSPS) is 15.7. The first-order valence-corrected chi connectivity index (χ1v) is 9.41. The van der Waals surface area contributed by atoms with E-state index in [1.807, 2.05) is 44.2 Å². The maximum Gasteiger partial charge on any atom is 0.147 e. The molecule has 0 spiro atoms. The van der Waals surface area contributed by atoms with Gasteiger partial charge in [-0.15, -0.1) is 0 Å². The SMILES string of the molecule is Cc1cc(C)c(C=C2N=C(c3cc4ccc(Cl)cc4[nH]3)C=C2OC(C)C)[nH]1. The molecule has 0 fully saturated rings. The molecule has 5 heteroatoms. The van der Waals surface area contributed by atoms with Crippen LogP contribution in [0.4, 0.5) is 0 Å². The zero-order valence-corrected chi connectivity index (χ0v) is 16.6. The highest BCUT2D eigenvalue weighted by molar-refractivity contribution is 6.31. The maximum absolute atomic E-state index is 6.10. The molecule has 2 aromatic heterocycles. The molecule has 3 aromatic rings. The fraction of sp³-hybridized carbons (Fsp3) is 0.227. The molecule has 138 valence electrons. The molecular weight excluding hydrogens is 358 g/mol. The number of nitrogens with one attached hydrogen (secondary N) is 2. The van der Waals surface area contributed by atoms with Gasteiger partial charge in [0.05, 0.1) is 17.5 Å². The fourth-order valence-corrected chi connectivity index (χ4v) is 3.45. The van der Waals surface area contributed by atoms with Crippen molar-refractivity contribution in [2.75, 3.05) is 0 Å². The van der Waals surface area contributed by atoms with E-state index in [0.29, 0.717) is 5.02 Å². The van der Waals surface area contributed by atoms with Crippen molar-refractivity contribution in [3.8, 4) is 0 Å². The van der Waals surface area contributed by atoms with Crippen LogP contribution in [0.3, 0.4) is 0 Å². The van der Waals surface area contributed by atoms with Crippen molar-refractivity contribution in [3.05, 3.63) is 75.5 Å². The molecule has 0 bridgehead atoms. The van der Waals surface area contributed by atoms with Crippen LogP contribution >= 0.6 is 11.6 Å². The Balaban J connectivity index is 1.77. The molecule has 2 N–H and O–H groups in total. The third-order valence-electron chi connectivity index (χ3n) is 4.46. The summed E-state index contributed by atoms with van der Waals surface area (Å²) >= 11 is 6.10. The number of rotatable bonds is 4. The molecule has 1 aliphatic rings. The summed E-state index contributed by atoms with van der Waals surface area (Å²) in [6.45, 7) is 8.18. The van der Waals surface area contributed by atoms with Crippen molar-refractivity contribution in [1.29, 1.82) is 0 Å². The molecule has 0 saturated carbocycles. The van der Waals surface area contributed by atoms with Crippen LogP contribution in [0.5, 0.6) is 0 Å². The first-order chi connectivity index (χ1) is 12.9. The maximum atomic E-state index is 6.10. The highest BCUT2D eigenvalue weighted by Crippen LogP contribution is 2.29. The van der Waals surface area contributed by atoms with Gasteiger partial charge in [0.1, 0.15) is 11.5 Å². The van der Waals surface area contributed by atoms with E-state index in [9.17, 15) is 0 Å². The summed E-state index contributed by atoms with van der Waals surface area (Å²) in [4.78, 5) is 11.6. The second-order valence-electron chi connectivity index (χ2n) is 7.17. The molecule has 3 heterocycles. The standard InChI is InChI=1S/C22H22ClN3O/c1-12(2)27-22-11-20(19-8-15-5-6-16(23)9-18(15)25-19)26-21(22)10-17-13(3)7-14(4)24-17/h5-12,24-25H,1-4H3. The van der Waals surface area contributed by atoms with Crippen LogP contribution in [0, 0.1) is 13.8 Å². The van der Waals surface area contributed by atoms with Crippen molar-refractivity contribution < 1.29 is 4.74 Å². The van der Waals surface area contributed by atoms with Gasteiger partial charge in [0.15, 0.2) is 0 Å². The molecule has 27 heavy (non-hydrogen) atoms. The second kappa shape index (κ2) is 6.78. The Morgan fingerprint density at radius 3 is 2.63 bits per heavy atom. The van der Waals surface area contributed by atoms with Crippen LogP contribution in [-0.4, -0.2) is 21.8 Å². The molecule has 0 radical (unpaired) electrons. The Hall–Kier alpha value is -2.72. The smallest absolute Gasteiger partial charge is 0.147 e. The molecule has 0 amide bonds. The van der Waals surface area contributed by atoms with Crippen molar-refractivity contribution in [3.63, 3.8) is 0 Å². The van der Waals surface area contributed by atoms with Gasteiger partial charge < -0.3 is 14.7 Å². The van der Waals surface area contributed by atoms with E-state index in [2.05, 4.69) is 35.9 Å². The van der Waals surface area contributed by atoms with Crippen LogP contribution in [0.2, 0.25) is 5.02 Å². The number of nitrogens with zero attached hydrogens (tertiary/aromatic N) is 1. The van der Waals surface area contributed by atoms with Gasteiger partial charge in [0, 0.05) is 33.4 Å². The predicted octanol–water partition coefficient (Wildman–Crippen LogP) is 5.92. The van der Waals surface area contributed by atoms with Crippen LogP contribution in [-0.2, 0) is 4.74 Å². The van der Waals surface area contributed by atoms with Crippen molar-refractivity contribution in [2.24, 2.45) is 4.99 Å². The summed E-state index contributed by atoms with van der Waals surface area (Å²) in [7, 11) is 0. The Morgan fingerprint density at radius 2 is 1.93 bits per heavy atom. The number of ether oxygens (including phenoxy) is 1. The molecular formula is C22H22ClN3O. The number of aryl methyl sites for hydroxylation is 2. The topological polar surface area (TPSA) is 53.2 Å². The average Bonchev–Trinajstić information content (AvgIpc) is 3.25. The first kappa shape index (κ1) is 17.7. The Kier molecular flexibility index (Phi) is 4.44. The zero-order valence-electron chi connectivity index (χ0n) is 15.9. The van der Waals surface area contributed by atoms with Gasteiger partial charge in [0.25, 0.3) is 0 Å². The summed E-state index contributed by atoms with van der Waals surface area (Å²) in [5, 5.41) is 1.81. The zero-order chi connectivity index (χ0) is 19.1. The van der Waals surface area contributed by atoms with Crippen LogP contribution in [0.1, 0.15) is 36.5 Å². The molecule has 0 saturated heterocycles. The minimum Gasteiger partial charge on any atom is -0.489 e. The van der Waals surface area contributed by atoms with E-state index in [1.54, 1.807) is 0 Å². The lowest BCUT2D eigenvalue weighted by atomic mass is 10.2. The predicted molar refractivity (Wildman–Crippen MR) is 112 cm³/mol. The molecule has 4 nitrogen and oxygen atoms in total. The van der Waals surface area contributed by atoms with Gasteiger partial charge in [-0.25, -0.2) is 4.99 Å². The van der Waals surface area contributed by atoms with E-state index in [-0.39, 0.29) is 6.10 Å². The van der Waals surface area contributed by atoms with E-state index in [1.165, 1.54) is 5.56 Å². The van der Waals surface area contributed by atoms with Gasteiger partial charge in [0.2, 0.25) is 0 Å². The number of fused-ring (bicyclic) bond motifs is 1. The monoisotopic (exact) mass is 379 g/mol. The van der Waals surface area contributed by atoms with Crippen LogP contribution in [0.25, 0.3) is 17.0 Å². The second-order valence-corrected chi connectivity index (χ2v) is 7.60. The number of H-pyrrole nitrogens is 2. The number of benzene rings is 1. The molecule has 0 aliphatic carbocycles. The van der Waals surface area contributed by atoms with Gasteiger partial charge in [-0.05, 0) is 63.6 Å². The van der Waals surface area contributed by atoms with Crippen LogP contribution < -0.4 is 0 Å². The van der Waals surface area contributed by atoms with E-state index >= 15 is 0 Å². The highest BCUT2D eigenvalue weighted by atomic mass is 35.5. The minimum absolute atomic E-state index is 0.0715. The van der Waals surface area contributed by atoms with E-state index in [4.69, 9.17) is 21.3 Å². The lowest BCUT2D eigenvalue weighted by molar-refractivity contribution is 0.155. The van der Waals surface area contributed by atoms with Crippen molar-refractivity contribution in [1.82, 2.24) is 9.97 Å². The third-order valence-corrected chi connectivity index (χ3v) is 4.69. The average molecular weight is 380 g/mol. The number of aromatic nitrogens is 2. The molecule has 1 aromatic carbocycles. The Bertz CT molecular complexity index is 1110. The number of aromatic amines is 2. The van der Waals surface area contributed by atoms with Gasteiger partial charge in [-0.2, -0.15) is 0 Å².